The van der Waals surface area contributed by atoms with Gasteiger partial charge in [-0.3, -0.25) is 0 Å². The van der Waals surface area contributed by atoms with E-state index in [0.717, 1.165) is 5.56 Å². The van der Waals surface area contributed by atoms with E-state index < -0.39 is 0 Å². The molecule has 5 nitrogen and oxygen atoms in total. The Kier molecular flexibility index (Phi) is 4.29. The number of aromatic nitrogens is 2. The second kappa shape index (κ2) is 5.96. The third-order valence-corrected chi connectivity index (χ3v) is 3.25. The molecule has 0 bridgehead atoms. The highest BCUT2D eigenvalue weighted by Gasteiger charge is 2.14. The molecule has 1 heterocycles. The van der Waals surface area contributed by atoms with E-state index >= 15 is 0 Å². The summed E-state index contributed by atoms with van der Waals surface area (Å²) in [6, 6.07) is 5.37. The molecule has 0 saturated heterocycles. The van der Waals surface area contributed by atoms with E-state index in [1.54, 1.807) is 19.2 Å². The fourth-order valence-electron chi connectivity index (χ4n) is 1.93. The number of ether oxygens (including phenoxy) is 1. The smallest absolute Gasteiger partial charge is 0.139 e. The Hall–Kier alpha value is -2.01. The van der Waals surface area contributed by atoms with Crippen molar-refractivity contribution < 1.29 is 4.74 Å². The second-order valence-electron chi connectivity index (χ2n) is 4.65. The summed E-state index contributed by atoms with van der Waals surface area (Å²) in [5.41, 5.74) is 7.50. The van der Waals surface area contributed by atoms with Gasteiger partial charge in [-0.15, -0.1) is 0 Å². The third kappa shape index (κ3) is 2.93. The maximum atomic E-state index is 6.18. The van der Waals surface area contributed by atoms with Crippen molar-refractivity contribution in [3.63, 3.8) is 0 Å². The first kappa shape index (κ1) is 14.4. The topological polar surface area (TPSA) is 73.1 Å². The normalized spacial score (nSPS) is 10.7. The number of nitrogens with zero attached hydrogens (tertiary/aromatic N) is 2. The van der Waals surface area contributed by atoms with Crippen LogP contribution in [0.2, 0.25) is 5.02 Å². The van der Waals surface area contributed by atoms with Gasteiger partial charge < -0.3 is 15.8 Å². The van der Waals surface area contributed by atoms with Crippen LogP contribution in [0, 0.1) is 0 Å². The number of anilines is 3. The van der Waals surface area contributed by atoms with E-state index in [1.807, 2.05) is 19.9 Å². The van der Waals surface area contributed by atoms with Crippen LogP contribution in [0.1, 0.15) is 25.3 Å². The lowest BCUT2D eigenvalue weighted by Gasteiger charge is -2.16. The van der Waals surface area contributed by atoms with Crippen LogP contribution >= 0.6 is 11.6 Å². The van der Waals surface area contributed by atoms with Crippen molar-refractivity contribution in [1.29, 1.82) is 0 Å². The molecule has 1 aromatic carbocycles. The average Bonchev–Trinajstić information content (AvgIpc) is 2.41. The standard InChI is InChI=1S/C14H17ClN4O/c1-8(2)12-13(16)17-7-18-14(12)19-11-6-9(20-3)4-5-10(11)15/h4-8H,1-3H3,(H3,16,17,18,19). The number of nitrogens with two attached hydrogens (primary N) is 1. The van der Waals surface area contributed by atoms with E-state index in [2.05, 4.69) is 15.3 Å². The van der Waals surface area contributed by atoms with Crippen molar-refractivity contribution in [3.05, 3.63) is 35.1 Å². The molecule has 3 N–H and O–H groups in total. The zero-order valence-electron chi connectivity index (χ0n) is 11.6. The number of nitrogens with one attached hydrogen (secondary N) is 1. The average molecular weight is 293 g/mol. The summed E-state index contributed by atoms with van der Waals surface area (Å²) in [5, 5.41) is 3.78. The third-order valence-electron chi connectivity index (χ3n) is 2.92. The molecule has 0 radical (unpaired) electrons. The highest BCUT2D eigenvalue weighted by molar-refractivity contribution is 6.33. The minimum absolute atomic E-state index is 0.197. The van der Waals surface area contributed by atoms with Gasteiger partial charge in [0.15, 0.2) is 0 Å². The predicted molar refractivity (Wildman–Crippen MR) is 81.8 cm³/mol. The van der Waals surface area contributed by atoms with Crippen LogP contribution in [0.3, 0.4) is 0 Å². The summed E-state index contributed by atoms with van der Waals surface area (Å²) >= 11 is 6.18. The van der Waals surface area contributed by atoms with Gasteiger partial charge in [0.2, 0.25) is 0 Å². The predicted octanol–water partition coefficient (Wildman–Crippen LogP) is 3.59. The molecule has 0 aliphatic heterocycles. The Bertz CT molecular complexity index is 616. The molecule has 0 aliphatic rings. The maximum absolute atomic E-state index is 6.18. The summed E-state index contributed by atoms with van der Waals surface area (Å²) in [6.07, 6.45) is 1.43. The highest BCUT2D eigenvalue weighted by atomic mass is 35.5. The highest BCUT2D eigenvalue weighted by Crippen LogP contribution is 2.33. The van der Waals surface area contributed by atoms with Crippen molar-refractivity contribution in [2.24, 2.45) is 0 Å². The van der Waals surface area contributed by atoms with Gasteiger partial charge in [-0.05, 0) is 18.1 Å². The molecule has 6 heteroatoms. The number of hydrogen-bond acceptors (Lipinski definition) is 5. The molecule has 106 valence electrons. The minimum Gasteiger partial charge on any atom is -0.497 e. The van der Waals surface area contributed by atoms with Crippen LogP contribution in [0.25, 0.3) is 0 Å². The van der Waals surface area contributed by atoms with E-state index in [-0.39, 0.29) is 5.92 Å². The first-order valence-corrected chi connectivity index (χ1v) is 6.61. The zero-order chi connectivity index (χ0) is 14.7. The molecule has 0 unspecified atom stereocenters. The summed E-state index contributed by atoms with van der Waals surface area (Å²) in [5.74, 6) is 2.03. The van der Waals surface area contributed by atoms with Gasteiger partial charge in [0, 0.05) is 11.6 Å². The van der Waals surface area contributed by atoms with Gasteiger partial charge in [-0.2, -0.15) is 0 Å². The van der Waals surface area contributed by atoms with Gasteiger partial charge in [-0.1, -0.05) is 25.4 Å². The molecular formula is C14H17ClN4O. The van der Waals surface area contributed by atoms with E-state index in [4.69, 9.17) is 22.1 Å². The van der Waals surface area contributed by atoms with Crippen molar-refractivity contribution in [3.8, 4) is 5.75 Å². The van der Waals surface area contributed by atoms with Crippen LogP contribution in [-0.2, 0) is 0 Å². The Labute approximate surface area is 123 Å². The van der Waals surface area contributed by atoms with Gasteiger partial charge in [-0.25, -0.2) is 9.97 Å². The van der Waals surface area contributed by atoms with Crippen LogP contribution in [0.5, 0.6) is 5.75 Å². The Balaban J connectivity index is 2.42. The fourth-order valence-corrected chi connectivity index (χ4v) is 2.10. The summed E-state index contributed by atoms with van der Waals surface area (Å²) in [6.45, 7) is 4.07. The Morgan fingerprint density at radius 3 is 2.70 bits per heavy atom. The summed E-state index contributed by atoms with van der Waals surface area (Å²) < 4.78 is 5.19. The monoisotopic (exact) mass is 292 g/mol. The zero-order valence-corrected chi connectivity index (χ0v) is 12.4. The van der Waals surface area contributed by atoms with E-state index in [0.29, 0.717) is 28.1 Å². The lowest BCUT2D eigenvalue weighted by molar-refractivity contribution is 0.415. The van der Waals surface area contributed by atoms with Crippen molar-refractivity contribution in [2.45, 2.75) is 19.8 Å². The Morgan fingerprint density at radius 1 is 1.30 bits per heavy atom. The fraction of sp³-hybridized carbons (Fsp3) is 0.286. The molecule has 0 amide bonds. The molecule has 0 atom stereocenters. The second-order valence-corrected chi connectivity index (χ2v) is 5.05. The minimum atomic E-state index is 0.197. The quantitative estimate of drug-likeness (QED) is 0.901. The van der Waals surface area contributed by atoms with Crippen LogP contribution in [0.4, 0.5) is 17.3 Å². The number of nitrogen functional groups attached to an aromatic ring is 1. The van der Waals surface area contributed by atoms with Crippen molar-refractivity contribution in [2.75, 3.05) is 18.2 Å². The molecule has 1 aromatic heterocycles. The molecule has 0 aliphatic carbocycles. The molecule has 0 spiro atoms. The van der Waals surface area contributed by atoms with Crippen LogP contribution in [0.15, 0.2) is 24.5 Å². The lowest BCUT2D eigenvalue weighted by atomic mass is 10.0. The van der Waals surface area contributed by atoms with E-state index in [1.165, 1.54) is 6.33 Å². The number of methoxy groups -OCH3 is 1. The van der Waals surface area contributed by atoms with Gasteiger partial charge in [0.1, 0.15) is 23.7 Å². The van der Waals surface area contributed by atoms with Crippen LogP contribution in [-0.4, -0.2) is 17.1 Å². The molecule has 0 fully saturated rings. The summed E-state index contributed by atoms with van der Waals surface area (Å²) in [4.78, 5) is 8.28. The largest absolute Gasteiger partial charge is 0.497 e. The van der Waals surface area contributed by atoms with Gasteiger partial charge in [0.25, 0.3) is 0 Å². The lowest BCUT2D eigenvalue weighted by Crippen LogP contribution is -2.06. The number of halogens is 1. The number of benzene rings is 1. The maximum Gasteiger partial charge on any atom is 0.139 e. The van der Waals surface area contributed by atoms with Gasteiger partial charge >= 0.3 is 0 Å². The first-order valence-electron chi connectivity index (χ1n) is 6.24. The summed E-state index contributed by atoms with van der Waals surface area (Å²) in [7, 11) is 1.61. The number of rotatable bonds is 4. The molecule has 20 heavy (non-hydrogen) atoms. The van der Waals surface area contributed by atoms with Crippen LogP contribution < -0.4 is 15.8 Å². The molecule has 2 rings (SSSR count). The first-order chi connectivity index (χ1) is 9.52. The number of hydrogen-bond donors (Lipinski definition) is 2. The molecule has 2 aromatic rings. The Morgan fingerprint density at radius 2 is 2.05 bits per heavy atom. The van der Waals surface area contributed by atoms with Gasteiger partial charge in [0.05, 0.1) is 17.8 Å². The van der Waals surface area contributed by atoms with Crippen molar-refractivity contribution in [1.82, 2.24) is 9.97 Å². The van der Waals surface area contributed by atoms with E-state index in [9.17, 15) is 0 Å². The SMILES string of the molecule is COc1ccc(Cl)c(Nc2ncnc(N)c2C(C)C)c1. The van der Waals surface area contributed by atoms with Crippen molar-refractivity contribution >= 4 is 28.9 Å². The molecular weight excluding hydrogens is 276 g/mol. The molecule has 0 saturated carbocycles.